The number of aromatic hydroxyl groups is 1. The van der Waals surface area contributed by atoms with Gasteiger partial charge in [-0.1, -0.05) is 12.1 Å². The van der Waals surface area contributed by atoms with Gasteiger partial charge in [-0.25, -0.2) is 39.5 Å². The second-order valence-electron chi connectivity index (χ2n) is 25.0. The number of nitrogens with one attached hydrogen (secondary N) is 6. The molecule has 5 aliphatic heterocycles. The fraction of sp³-hybridized carbons (Fsp3) is 0.431. The maximum Gasteiger partial charge on any atom is 0.355 e. The van der Waals surface area contributed by atoms with Gasteiger partial charge in [-0.2, -0.15) is 0 Å². The van der Waals surface area contributed by atoms with E-state index < -0.39 is 121 Å². The van der Waals surface area contributed by atoms with Crippen LogP contribution in [0.2, 0.25) is 0 Å². The zero-order valence-electron chi connectivity index (χ0n) is 55.3. The largest absolute Gasteiger partial charge is 0.506 e. The number of H-pyrrole nitrogens is 1. The van der Waals surface area contributed by atoms with Gasteiger partial charge in [0.15, 0.2) is 12.4 Å². The molecule has 13 rings (SSSR count). The molecule has 10 unspecified atom stereocenters. The maximum atomic E-state index is 15.2. The number of benzene rings is 1. The number of cyclic esters (lactones) is 2. The van der Waals surface area contributed by atoms with Crippen LogP contribution in [0.4, 0.5) is 0 Å². The molecule has 0 aliphatic carbocycles. The number of aromatic nitrogens is 7. The van der Waals surface area contributed by atoms with Crippen LogP contribution in [0, 0.1) is 0 Å². The van der Waals surface area contributed by atoms with E-state index in [4.69, 9.17) is 48.1 Å². The van der Waals surface area contributed by atoms with Crippen molar-refractivity contribution in [1.82, 2.24) is 71.3 Å². The van der Waals surface area contributed by atoms with Crippen LogP contribution < -0.4 is 26.6 Å². The Labute approximate surface area is 596 Å². The van der Waals surface area contributed by atoms with Crippen LogP contribution in [-0.4, -0.2) is 217 Å². The number of morpholine rings is 1. The molecule has 5 amide bonds. The molecule has 0 saturated carbocycles. The molecule has 9 N–H and O–H groups in total. The monoisotopic (exact) mass is 1480 g/mol. The second kappa shape index (κ2) is 29.8. The van der Waals surface area contributed by atoms with Gasteiger partial charge in [-0.3, -0.25) is 28.9 Å². The van der Waals surface area contributed by atoms with Crippen molar-refractivity contribution < 1.29 is 82.0 Å². The molecule has 0 spiro atoms. The van der Waals surface area contributed by atoms with E-state index in [9.17, 15) is 29.7 Å². The molecule has 5 aliphatic rings. The number of amides is 5. The summed E-state index contributed by atoms with van der Waals surface area (Å²) >= 11 is 4.88. The molecule has 8 aromatic rings. The lowest BCUT2D eigenvalue weighted by atomic mass is 9.85. The van der Waals surface area contributed by atoms with Gasteiger partial charge in [0, 0.05) is 75.0 Å². The van der Waals surface area contributed by atoms with E-state index in [1.807, 2.05) is 4.90 Å². The quantitative estimate of drug-likeness (QED) is 0.0472. The van der Waals surface area contributed by atoms with E-state index in [2.05, 4.69) is 51.4 Å². The number of aliphatic hydroxyl groups excluding tert-OH is 1. The fourth-order valence-electron chi connectivity index (χ4n) is 12.8. The predicted molar refractivity (Wildman–Crippen MR) is 368 cm³/mol. The molecule has 7 aromatic heterocycles. The van der Waals surface area contributed by atoms with E-state index in [0.29, 0.717) is 42.6 Å². The summed E-state index contributed by atoms with van der Waals surface area (Å²) in [6.45, 7) is 8.82. The minimum Gasteiger partial charge on any atom is -0.506 e. The van der Waals surface area contributed by atoms with Crippen molar-refractivity contribution in [2.45, 2.75) is 114 Å². The van der Waals surface area contributed by atoms with Crippen LogP contribution in [0.3, 0.4) is 0 Å². The average Bonchev–Trinajstić information content (AvgIpc) is 1.76. The minimum atomic E-state index is -1.84. The van der Waals surface area contributed by atoms with Crippen molar-refractivity contribution in [3.8, 4) is 38.4 Å². The van der Waals surface area contributed by atoms with Crippen molar-refractivity contribution in [1.29, 1.82) is 0 Å². The highest BCUT2D eigenvalue weighted by atomic mass is 32.1. The number of hydrogen-bond acceptors (Lipinski definition) is 30. The molecular weight excluding hydrogens is 1410 g/mol. The van der Waals surface area contributed by atoms with Crippen molar-refractivity contribution in [2.75, 3.05) is 67.2 Å². The van der Waals surface area contributed by atoms with Crippen LogP contribution in [-0.2, 0) is 56.0 Å². The number of methoxy groups -OCH3 is 1. The van der Waals surface area contributed by atoms with E-state index in [1.165, 1.54) is 48.5 Å². The smallest absolute Gasteiger partial charge is 0.355 e. The van der Waals surface area contributed by atoms with Crippen LogP contribution >= 0.6 is 56.7 Å². The summed E-state index contributed by atoms with van der Waals surface area (Å²) in [6.07, 6.45) is -6.53. The number of aliphatic hydroxyl groups is 2. The number of aromatic amines is 1. The topological polar surface area (TPSA) is 405 Å². The van der Waals surface area contributed by atoms with Crippen molar-refractivity contribution in [3.05, 3.63) is 112 Å². The van der Waals surface area contributed by atoms with E-state index in [-0.39, 0.29) is 106 Å². The van der Waals surface area contributed by atoms with Gasteiger partial charge >= 0.3 is 11.9 Å². The minimum absolute atomic E-state index is 0.00888. The number of carbonyl (C=O) groups excluding carboxylic acids is 7. The summed E-state index contributed by atoms with van der Waals surface area (Å²) < 4.78 is 43.4. The average molecular weight is 1480 g/mol. The lowest BCUT2D eigenvalue weighted by molar-refractivity contribution is -0.280. The first-order valence-electron chi connectivity index (χ1n) is 32.1. The summed E-state index contributed by atoms with van der Waals surface area (Å²) in [7, 11) is 4.91. The fourth-order valence-corrected chi connectivity index (χ4v) is 17.0. The van der Waals surface area contributed by atoms with Crippen molar-refractivity contribution in [2.24, 2.45) is 0 Å². The number of pyridine rings is 1. The number of hydrogen-bond donors (Lipinski definition) is 9. The van der Waals surface area contributed by atoms with Crippen LogP contribution in [0.5, 0.6) is 5.75 Å². The highest BCUT2D eigenvalue weighted by Crippen LogP contribution is 2.43. The Morgan fingerprint density at radius 2 is 1.53 bits per heavy atom. The highest BCUT2D eigenvalue weighted by molar-refractivity contribution is 7.14. The number of carbonyl (C=O) groups is 7. The Hall–Kier alpha value is -8.63. The first-order valence-corrected chi connectivity index (χ1v) is 36.5. The first-order chi connectivity index (χ1) is 48.5. The zero-order chi connectivity index (χ0) is 71.1. The number of allylic oxidation sites excluding steroid dienone is 1. The molecule has 10 atom stereocenters. The van der Waals surface area contributed by atoms with Gasteiger partial charge in [0.05, 0.1) is 50.8 Å². The van der Waals surface area contributed by atoms with Gasteiger partial charge in [0.25, 0.3) is 23.6 Å². The molecule has 31 nitrogen and oxygen atoms in total. The third-order valence-corrected chi connectivity index (χ3v) is 22.1. The molecule has 2 saturated heterocycles. The molecule has 12 heterocycles. The van der Waals surface area contributed by atoms with Gasteiger partial charge in [0.1, 0.15) is 125 Å². The van der Waals surface area contributed by atoms with Gasteiger partial charge in [-0.05, 0) is 72.5 Å². The van der Waals surface area contributed by atoms with Crippen molar-refractivity contribution >= 4 is 115 Å². The van der Waals surface area contributed by atoms with Crippen LogP contribution in [0.15, 0.2) is 56.9 Å². The Morgan fingerprint density at radius 3 is 2.29 bits per heavy atom. The number of nitrogens with zero attached hydrogens (tertiary/aromatic N) is 8. The molecule has 0 radical (unpaired) electrons. The predicted octanol–water partition coefficient (Wildman–Crippen LogP) is 4.90. The standard InChI is InChI=1S/C65H70N14O17S5/c1-28(80)44-57(86)76-45(29(2)90-7)60-72-40(27-99-60)56(85)77-49-50-51(96-42-19-65(4,89)52(78(5)6)30(3)95-42)64(88)93-20-31-10-8-11-34-43(31)33(21-92-50)47(67-34)63(87)94-22-35(68-54(83)38-26-101-62(49)73-38)59-69-36(23-98-59)46-32(58-70-39(25-97-58)55(84)75-44)18-41(81)48(74-46)61-71-37(24-100-61)53(82)66-12-9-13-79-14-16-91-17-15-79/h8,10-11,18,23-28,30,35,42,44,49-52,67,80-81,89H,9,12-17,19-22H2,1-7H3,(H,66,82)(H,68,83)(H,75,84)(H,76,86)(H,77,85)/b45-29+. The lowest BCUT2D eigenvalue weighted by Gasteiger charge is -2.48. The van der Waals surface area contributed by atoms with Crippen LogP contribution in [0.25, 0.3) is 49.3 Å². The highest BCUT2D eigenvalue weighted by Gasteiger charge is 2.50. The molecule has 12 bridgehead atoms. The lowest BCUT2D eigenvalue weighted by Crippen LogP contribution is -2.62. The normalized spacial score (nSPS) is 24.9. The SMILES string of the molecule is CO/C(C)=C1/NC(=O)C(C(C)O)NC(=O)c2csc(n2)-c2cc(O)c(-c3nc(C(=O)NCCCN4CCOCC4)cs3)nc2-c2csc(n2)C2COC(=O)c3[nH]c4cccc5c4c3COC(C(OC3CC(C)(O)C(N(C)C)C(C)O3)C(=O)OC5)C(NC(=O)c3csc1n3)c1nc(cs1)C(=O)N2. The number of rotatable bonds is 11. The molecule has 2 fully saturated rings. The van der Waals surface area contributed by atoms with E-state index >= 15 is 19.2 Å². The number of ether oxygens (including phenoxy) is 7. The third-order valence-electron chi connectivity index (χ3n) is 17.7. The Morgan fingerprint density at radius 1 is 0.842 bits per heavy atom. The van der Waals surface area contributed by atoms with Crippen molar-refractivity contribution in [3.63, 3.8) is 0 Å². The molecule has 36 heteroatoms. The maximum absolute atomic E-state index is 15.2. The Balaban J connectivity index is 0.943. The molecule has 1 aromatic carbocycles. The summed E-state index contributed by atoms with van der Waals surface area (Å²) in [5.41, 5.74) is -0.761. The van der Waals surface area contributed by atoms with Gasteiger partial charge < -0.3 is 84.9 Å². The Kier molecular flexibility index (Phi) is 20.9. The van der Waals surface area contributed by atoms with E-state index in [0.717, 1.165) is 76.3 Å². The number of esters is 2. The number of thiazole rings is 5. The summed E-state index contributed by atoms with van der Waals surface area (Å²) in [4.78, 5) is 139. The zero-order valence-corrected chi connectivity index (χ0v) is 59.4. The first kappa shape index (κ1) is 70.8. The summed E-state index contributed by atoms with van der Waals surface area (Å²) in [5, 5.41) is 57.5. The van der Waals surface area contributed by atoms with Gasteiger partial charge in [0.2, 0.25) is 5.91 Å². The molecule has 101 heavy (non-hydrogen) atoms. The molecule has 532 valence electrons. The summed E-state index contributed by atoms with van der Waals surface area (Å²) in [6, 6.07) is 1.47. The molecular formula is C65H70N14O17S5. The van der Waals surface area contributed by atoms with Gasteiger partial charge in [-0.15, -0.1) is 56.7 Å². The van der Waals surface area contributed by atoms with Crippen LogP contribution in [0.1, 0.15) is 131 Å². The number of fused-ring (bicyclic) bond motifs is 15. The van der Waals surface area contributed by atoms with E-state index in [1.54, 1.807) is 51.5 Å². The Bertz CT molecular complexity index is 4530. The number of likely N-dealkylation sites (N-methyl/N-ethyl adjacent to an activating group) is 1. The summed E-state index contributed by atoms with van der Waals surface area (Å²) in [5.74, 6) is -6.18. The third kappa shape index (κ3) is 14.9. The second-order valence-corrected chi connectivity index (χ2v) is 29.3.